The molecule has 0 heterocycles. The molecule has 25 heavy (non-hydrogen) atoms. The van der Waals surface area contributed by atoms with Crippen LogP contribution in [0.2, 0.25) is 0 Å². The van der Waals surface area contributed by atoms with Crippen LogP contribution in [0.4, 0.5) is 17.1 Å². The number of para-hydroxylation sites is 1. The van der Waals surface area contributed by atoms with E-state index in [9.17, 15) is 20.2 Å². The number of nitrogens with one attached hydrogen (secondary N) is 1. The first-order chi connectivity index (χ1) is 12.0. The molecular formula is C15H11N5O5. The van der Waals surface area contributed by atoms with Crippen molar-refractivity contribution in [2.75, 3.05) is 12.0 Å². The third kappa shape index (κ3) is 4.49. The van der Waals surface area contributed by atoms with Gasteiger partial charge < -0.3 is 4.74 Å². The van der Waals surface area contributed by atoms with Crippen LogP contribution < -0.4 is 10.2 Å². The van der Waals surface area contributed by atoms with Gasteiger partial charge in [0.25, 0.3) is 5.69 Å². The van der Waals surface area contributed by atoms with E-state index in [0.717, 1.165) is 12.1 Å². The zero-order chi connectivity index (χ0) is 18.2. The van der Waals surface area contributed by atoms with E-state index in [0.29, 0.717) is 11.3 Å². The normalized spacial score (nSPS) is 10.2. The zero-order valence-electron chi connectivity index (χ0n) is 12.7. The Morgan fingerprint density at radius 1 is 1.20 bits per heavy atom. The van der Waals surface area contributed by atoms with Crippen molar-refractivity contribution >= 4 is 23.3 Å². The molecule has 0 spiro atoms. The van der Waals surface area contributed by atoms with Crippen molar-refractivity contribution in [1.82, 2.24) is 0 Å². The van der Waals surface area contributed by atoms with E-state index in [1.54, 1.807) is 24.3 Å². The average molecular weight is 341 g/mol. The van der Waals surface area contributed by atoms with E-state index >= 15 is 0 Å². The van der Waals surface area contributed by atoms with Crippen LogP contribution in [0.5, 0.6) is 5.75 Å². The Hall–Kier alpha value is -4.00. The van der Waals surface area contributed by atoms with Crippen LogP contribution in [0.25, 0.3) is 0 Å². The van der Waals surface area contributed by atoms with E-state index in [1.165, 1.54) is 12.3 Å². The van der Waals surface area contributed by atoms with Gasteiger partial charge >= 0.3 is 5.69 Å². The molecule has 126 valence electrons. The first-order valence-electron chi connectivity index (χ1n) is 6.83. The number of ether oxygens (including phenoxy) is 1. The summed E-state index contributed by atoms with van der Waals surface area (Å²) in [6, 6.07) is 11.8. The van der Waals surface area contributed by atoms with Crippen molar-refractivity contribution in [2.45, 2.75) is 0 Å². The highest BCUT2D eigenvalue weighted by atomic mass is 16.6. The van der Waals surface area contributed by atoms with Crippen LogP contribution in [-0.2, 0) is 0 Å². The fourth-order valence-corrected chi connectivity index (χ4v) is 1.88. The maximum Gasteiger partial charge on any atom is 0.301 e. The van der Waals surface area contributed by atoms with Gasteiger partial charge in [-0.2, -0.15) is 10.4 Å². The number of nitro groups is 2. The highest BCUT2D eigenvalue weighted by Gasteiger charge is 2.19. The van der Waals surface area contributed by atoms with Crippen LogP contribution in [0.3, 0.4) is 0 Å². The average Bonchev–Trinajstić information content (AvgIpc) is 2.60. The lowest BCUT2D eigenvalue weighted by molar-refractivity contribution is -0.393. The van der Waals surface area contributed by atoms with Crippen molar-refractivity contribution in [3.63, 3.8) is 0 Å². The van der Waals surface area contributed by atoms with Crippen LogP contribution >= 0.6 is 0 Å². The molecule has 10 heteroatoms. The smallest absolute Gasteiger partial charge is 0.301 e. The predicted octanol–water partition coefficient (Wildman–Crippen LogP) is 2.85. The van der Waals surface area contributed by atoms with Crippen molar-refractivity contribution in [3.8, 4) is 11.8 Å². The molecule has 0 aliphatic heterocycles. The molecule has 2 rings (SSSR count). The standard InChI is InChI=1S/C15H11N5O5/c16-7-8-25-15-4-2-1-3-11(15)10-17-18-13-6-5-12(19(21)22)9-14(13)20(23)24/h1-6,9-10,18H,8H2/b17-10-. The summed E-state index contributed by atoms with van der Waals surface area (Å²) in [5.74, 6) is 0.424. The number of anilines is 1. The van der Waals surface area contributed by atoms with Crippen molar-refractivity contribution in [2.24, 2.45) is 5.10 Å². The topological polar surface area (TPSA) is 144 Å². The molecule has 0 saturated carbocycles. The van der Waals surface area contributed by atoms with Gasteiger partial charge in [-0.3, -0.25) is 25.7 Å². The molecule has 1 N–H and O–H groups in total. The Morgan fingerprint density at radius 2 is 1.96 bits per heavy atom. The summed E-state index contributed by atoms with van der Waals surface area (Å²) in [5, 5.41) is 34.2. The van der Waals surface area contributed by atoms with Gasteiger partial charge in [0.05, 0.1) is 22.1 Å². The van der Waals surface area contributed by atoms with Crippen LogP contribution in [0.1, 0.15) is 5.56 Å². The number of non-ortho nitro benzene ring substituents is 1. The Labute approximate surface area is 141 Å². The largest absolute Gasteiger partial charge is 0.478 e. The van der Waals surface area contributed by atoms with E-state index in [4.69, 9.17) is 10.00 Å². The minimum Gasteiger partial charge on any atom is -0.478 e. The van der Waals surface area contributed by atoms with Gasteiger partial charge in [0.2, 0.25) is 0 Å². The number of nitrogens with zero attached hydrogens (tertiary/aromatic N) is 4. The fourth-order valence-electron chi connectivity index (χ4n) is 1.88. The monoisotopic (exact) mass is 341 g/mol. The Morgan fingerprint density at radius 3 is 2.64 bits per heavy atom. The maximum absolute atomic E-state index is 11.0. The third-order valence-corrected chi connectivity index (χ3v) is 2.99. The first-order valence-corrected chi connectivity index (χ1v) is 6.83. The molecule has 0 saturated heterocycles. The molecule has 0 unspecified atom stereocenters. The van der Waals surface area contributed by atoms with Crippen LogP contribution in [0, 0.1) is 31.6 Å². The van der Waals surface area contributed by atoms with Crippen LogP contribution in [0.15, 0.2) is 47.6 Å². The van der Waals surface area contributed by atoms with Gasteiger partial charge in [-0.1, -0.05) is 12.1 Å². The minimum atomic E-state index is -0.741. The summed E-state index contributed by atoms with van der Waals surface area (Å²) in [6.45, 7) is -0.133. The van der Waals surface area contributed by atoms with E-state index < -0.39 is 21.2 Å². The predicted molar refractivity (Wildman–Crippen MR) is 88.5 cm³/mol. The summed E-state index contributed by atoms with van der Waals surface area (Å²) >= 11 is 0. The van der Waals surface area contributed by atoms with Gasteiger partial charge in [0, 0.05) is 11.6 Å². The lowest BCUT2D eigenvalue weighted by Gasteiger charge is -2.05. The van der Waals surface area contributed by atoms with E-state index in [1.807, 2.05) is 6.07 Å². The number of rotatable bonds is 7. The molecule has 2 aromatic rings. The highest BCUT2D eigenvalue weighted by Crippen LogP contribution is 2.29. The minimum absolute atomic E-state index is 0.00211. The summed E-state index contributed by atoms with van der Waals surface area (Å²) in [7, 11) is 0. The third-order valence-electron chi connectivity index (χ3n) is 2.99. The zero-order valence-corrected chi connectivity index (χ0v) is 12.7. The molecule has 0 bridgehead atoms. The van der Waals surface area contributed by atoms with Crippen molar-refractivity contribution in [1.29, 1.82) is 5.26 Å². The summed E-state index contributed by atoms with van der Waals surface area (Å²) in [4.78, 5) is 20.3. The Balaban J connectivity index is 2.21. The lowest BCUT2D eigenvalue weighted by atomic mass is 10.2. The number of hydrogen-bond donors (Lipinski definition) is 1. The number of benzene rings is 2. The van der Waals surface area contributed by atoms with Gasteiger partial charge in [-0.15, -0.1) is 0 Å². The van der Waals surface area contributed by atoms with Gasteiger partial charge in [-0.25, -0.2) is 0 Å². The first kappa shape index (κ1) is 17.4. The lowest BCUT2D eigenvalue weighted by Crippen LogP contribution is -2.00. The summed E-state index contributed by atoms with van der Waals surface area (Å²) in [6.07, 6.45) is 1.36. The molecule has 0 aromatic heterocycles. The van der Waals surface area contributed by atoms with Crippen molar-refractivity contribution in [3.05, 3.63) is 68.3 Å². The molecule has 0 amide bonds. The number of hydrogen-bond acceptors (Lipinski definition) is 8. The molecule has 0 fully saturated rings. The number of nitro benzene ring substituents is 2. The summed E-state index contributed by atoms with van der Waals surface area (Å²) in [5.41, 5.74) is 2.17. The molecule has 2 aromatic carbocycles. The summed E-state index contributed by atoms with van der Waals surface area (Å²) < 4.78 is 5.23. The SMILES string of the molecule is N#CCOc1ccccc1/C=N\Nc1ccc([N+](=O)[O-])cc1[N+](=O)[O-]. The molecule has 0 aliphatic carbocycles. The van der Waals surface area contributed by atoms with E-state index in [2.05, 4.69) is 10.5 Å². The molecule has 0 aliphatic rings. The Kier molecular flexibility index (Phi) is 5.57. The van der Waals surface area contributed by atoms with Gasteiger partial charge in [0.15, 0.2) is 6.61 Å². The quantitative estimate of drug-likeness (QED) is 0.463. The molecule has 10 nitrogen and oxygen atoms in total. The molecule has 0 radical (unpaired) electrons. The molecule has 0 atom stereocenters. The van der Waals surface area contributed by atoms with Crippen molar-refractivity contribution < 1.29 is 14.6 Å². The fraction of sp³-hybridized carbons (Fsp3) is 0.0667. The second-order valence-electron chi connectivity index (χ2n) is 4.57. The van der Waals surface area contributed by atoms with Gasteiger partial charge in [-0.05, 0) is 18.2 Å². The second-order valence-corrected chi connectivity index (χ2v) is 4.57. The Bertz CT molecular complexity index is 875. The number of hydrazone groups is 1. The highest BCUT2D eigenvalue weighted by molar-refractivity contribution is 5.84. The van der Waals surface area contributed by atoms with E-state index in [-0.39, 0.29) is 12.3 Å². The number of nitriles is 1. The van der Waals surface area contributed by atoms with Crippen LogP contribution in [-0.4, -0.2) is 22.7 Å². The second kappa shape index (κ2) is 8.02. The molecular weight excluding hydrogens is 330 g/mol. The maximum atomic E-state index is 11.0. The van der Waals surface area contributed by atoms with Gasteiger partial charge in [0.1, 0.15) is 17.5 Å².